The van der Waals surface area contributed by atoms with Gasteiger partial charge in [-0.3, -0.25) is 4.99 Å². The van der Waals surface area contributed by atoms with Crippen LogP contribution in [0.15, 0.2) is 83.3 Å². The quantitative estimate of drug-likeness (QED) is 0.369. The molecule has 6 nitrogen and oxygen atoms in total. The summed E-state index contributed by atoms with van der Waals surface area (Å²) in [6, 6.07) is 9.71. The molecule has 0 unspecified atom stereocenters. The molecule has 0 saturated carbocycles. The van der Waals surface area contributed by atoms with Gasteiger partial charge in [0.15, 0.2) is 0 Å². The molecule has 0 aliphatic rings. The number of rotatable bonds is 6. The molecule has 0 aliphatic carbocycles. The minimum atomic E-state index is -0.609. The van der Waals surface area contributed by atoms with Crippen molar-refractivity contribution in [2.45, 2.75) is 54.1 Å². The smallest absolute Gasteiger partial charge is 0.419 e. The number of hydrogen-bond donors (Lipinski definition) is 1. The average molecular weight is 466 g/mol. The van der Waals surface area contributed by atoms with Gasteiger partial charge in [-0.2, -0.15) is 0 Å². The van der Waals surface area contributed by atoms with Crippen molar-refractivity contribution in [3.05, 3.63) is 84.0 Å². The lowest BCUT2D eigenvalue weighted by atomic mass is 10.2. The third-order valence-electron chi connectivity index (χ3n) is 4.20. The van der Waals surface area contributed by atoms with Crippen molar-refractivity contribution >= 4 is 22.7 Å². The lowest BCUT2D eigenvalue weighted by molar-refractivity contribution is 0.0544. The molecule has 0 saturated heterocycles. The Bertz CT molecular complexity index is 1110. The van der Waals surface area contributed by atoms with Gasteiger partial charge in [0.1, 0.15) is 5.60 Å². The molecule has 2 aromatic rings. The molecule has 0 spiro atoms. The maximum absolute atomic E-state index is 13.1. The fraction of sp³-hybridized carbons (Fsp3) is 0.357. The van der Waals surface area contributed by atoms with Crippen LogP contribution >= 0.6 is 0 Å². The number of methoxy groups -OCH3 is 1. The molecule has 0 radical (unpaired) electrons. The summed E-state index contributed by atoms with van der Waals surface area (Å²) in [6.07, 6.45) is 7.28. The van der Waals surface area contributed by atoms with Crippen LogP contribution in [0.1, 0.15) is 54.2 Å². The van der Waals surface area contributed by atoms with Crippen molar-refractivity contribution in [1.82, 2.24) is 9.88 Å². The zero-order chi connectivity index (χ0) is 25.9. The summed E-state index contributed by atoms with van der Waals surface area (Å²) in [4.78, 5) is 17.9. The highest BCUT2D eigenvalue weighted by atomic mass is 16.6. The number of hydrogen-bond acceptors (Lipinski definition) is 5. The van der Waals surface area contributed by atoms with Gasteiger partial charge in [0, 0.05) is 36.7 Å². The number of carbonyl (C=O) groups is 1. The number of carbonyl (C=O) groups excluding carboxylic acids is 1. The maximum atomic E-state index is 13.1. The first kappa shape index (κ1) is 28.7. The van der Waals surface area contributed by atoms with E-state index in [-0.39, 0.29) is 0 Å². The van der Waals surface area contributed by atoms with Crippen LogP contribution in [0, 0.1) is 0 Å². The molecular weight excluding hydrogens is 426 g/mol. The van der Waals surface area contributed by atoms with Crippen molar-refractivity contribution in [2.24, 2.45) is 4.99 Å². The van der Waals surface area contributed by atoms with E-state index < -0.39 is 11.7 Å². The SMILES string of the molecule is C=C(C)NC(/C=C(C)\N=C(/C=C\C)c1cc2ccccc2n1C(=O)OC(C)(C)C)=C/C.COC. The molecule has 0 bridgehead atoms. The first-order valence-corrected chi connectivity index (χ1v) is 11.2. The van der Waals surface area contributed by atoms with E-state index in [1.54, 1.807) is 18.8 Å². The summed E-state index contributed by atoms with van der Waals surface area (Å²) in [5, 5.41) is 4.15. The molecule has 34 heavy (non-hydrogen) atoms. The zero-order valence-corrected chi connectivity index (χ0v) is 22.0. The second-order valence-electron chi connectivity index (χ2n) is 8.74. The number of allylic oxidation sites excluding steroid dienone is 6. The van der Waals surface area contributed by atoms with Crippen LogP contribution in [0.5, 0.6) is 0 Å². The van der Waals surface area contributed by atoms with Crippen LogP contribution < -0.4 is 5.32 Å². The third-order valence-corrected chi connectivity index (χ3v) is 4.20. The first-order chi connectivity index (χ1) is 16.0. The van der Waals surface area contributed by atoms with Gasteiger partial charge in [0.05, 0.1) is 16.9 Å². The molecule has 0 aliphatic heterocycles. The van der Waals surface area contributed by atoms with Gasteiger partial charge in [-0.25, -0.2) is 9.36 Å². The Balaban J connectivity index is 0.00000182. The van der Waals surface area contributed by atoms with Gasteiger partial charge >= 0.3 is 6.09 Å². The summed E-state index contributed by atoms with van der Waals surface area (Å²) in [5.74, 6) is 0. The van der Waals surface area contributed by atoms with Crippen LogP contribution in [-0.4, -0.2) is 36.2 Å². The Hall–Kier alpha value is -3.38. The van der Waals surface area contributed by atoms with Gasteiger partial charge in [0.25, 0.3) is 0 Å². The number of aromatic nitrogens is 1. The van der Waals surface area contributed by atoms with Crippen LogP contribution in [-0.2, 0) is 9.47 Å². The number of fused-ring (bicyclic) bond motifs is 1. The average Bonchev–Trinajstić information content (AvgIpc) is 3.11. The van der Waals surface area contributed by atoms with E-state index >= 15 is 0 Å². The summed E-state index contributed by atoms with van der Waals surface area (Å²) in [7, 11) is 3.25. The molecule has 0 atom stereocenters. The van der Waals surface area contributed by atoms with Crippen LogP contribution in [0.3, 0.4) is 0 Å². The fourth-order valence-electron chi connectivity index (χ4n) is 3.07. The fourth-order valence-corrected chi connectivity index (χ4v) is 3.07. The molecular formula is C28H39N3O3. The topological polar surface area (TPSA) is 64.9 Å². The summed E-state index contributed by atoms with van der Waals surface area (Å²) in [5.41, 5.74) is 4.06. The zero-order valence-electron chi connectivity index (χ0n) is 22.0. The predicted molar refractivity (Wildman–Crippen MR) is 143 cm³/mol. The van der Waals surface area contributed by atoms with Gasteiger partial charge in [-0.1, -0.05) is 36.9 Å². The number of benzene rings is 1. The molecule has 1 aromatic carbocycles. The highest BCUT2D eigenvalue weighted by molar-refractivity contribution is 6.13. The molecule has 1 aromatic heterocycles. The van der Waals surface area contributed by atoms with Crippen molar-refractivity contribution < 1.29 is 14.3 Å². The van der Waals surface area contributed by atoms with Crippen molar-refractivity contribution in [2.75, 3.05) is 14.2 Å². The van der Waals surface area contributed by atoms with Gasteiger partial charge < -0.3 is 14.8 Å². The number of nitrogens with zero attached hydrogens (tertiary/aromatic N) is 2. The number of aliphatic imine (C=N–C) groups is 1. The minimum Gasteiger partial charge on any atom is -0.443 e. The van der Waals surface area contributed by atoms with Crippen LogP contribution in [0.2, 0.25) is 0 Å². The summed E-state index contributed by atoms with van der Waals surface area (Å²) in [6.45, 7) is 17.2. The number of para-hydroxylation sites is 1. The van der Waals surface area contributed by atoms with Crippen molar-refractivity contribution in [3.8, 4) is 0 Å². The molecule has 184 valence electrons. The van der Waals surface area contributed by atoms with E-state index in [2.05, 4.69) is 16.6 Å². The second-order valence-corrected chi connectivity index (χ2v) is 8.74. The molecule has 0 fully saturated rings. The standard InChI is InChI=1S/C26H33N3O2.C2H6O/c1-9-13-22(28-19(5)16-21(10-2)27-18(3)4)24-17-20-14-11-12-15-23(20)29(24)25(30)31-26(6,7)8;1-3-2/h9-17,27H,3H2,1-2,4-8H3;1-2H3/b13-9-,19-16-,21-10+,28-22+;. The van der Waals surface area contributed by atoms with Gasteiger partial charge in [-0.15, -0.1) is 0 Å². The molecule has 1 heterocycles. The number of nitrogens with one attached hydrogen (secondary N) is 1. The Labute approximate surface area is 204 Å². The molecule has 1 N–H and O–H groups in total. The van der Waals surface area contributed by atoms with E-state index in [4.69, 9.17) is 9.73 Å². The van der Waals surface area contributed by atoms with E-state index in [0.29, 0.717) is 11.4 Å². The van der Waals surface area contributed by atoms with E-state index in [0.717, 1.165) is 28.0 Å². The Morgan fingerprint density at radius 3 is 2.29 bits per heavy atom. The van der Waals surface area contributed by atoms with Crippen molar-refractivity contribution in [1.29, 1.82) is 0 Å². The van der Waals surface area contributed by atoms with E-state index in [1.807, 2.05) is 103 Å². The van der Waals surface area contributed by atoms with Crippen LogP contribution in [0.4, 0.5) is 4.79 Å². The maximum Gasteiger partial charge on any atom is 0.419 e. The van der Waals surface area contributed by atoms with E-state index in [1.165, 1.54) is 0 Å². The Kier molecular flexibility index (Phi) is 11.3. The lowest BCUT2D eigenvalue weighted by Crippen LogP contribution is -2.28. The number of ether oxygens (including phenoxy) is 2. The van der Waals surface area contributed by atoms with Crippen LogP contribution in [0.25, 0.3) is 10.9 Å². The molecule has 6 heteroatoms. The Morgan fingerprint density at radius 1 is 1.15 bits per heavy atom. The van der Waals surface area contributed by atoms with Gasteiger partial charge in [0.2, 0.25) is 0 Å². The highest BCUT2D eigenvalue weighted by Gasteiger charge is 2.23. The largest absolute Gasteiger partial charge is 0.443 e. The Morgan fingerprint density at radius 2 is 1.76 bits per heavy atom. The highest BCUT2D eigenvalue weighted by Crippen LogP contribution is 2.23. The van der Waals surface area contributed by atoms with Gasteiger partial charge in [-0.05, 0) is 72.8 Å². The van der Waals surface area contributed by atoms with Crippen molar-refractivity contribution in [3.63, 3.8) is 0 Å². The summed E-state index contributed by atoms with van der Waals surface area (Å²) < 4.78 is 11.5. The molecule has 2 rings (SSSR count). The molecule has 0 amide bonds. The lowest BCUT2D eigenvalue weighted by Gasteiger charge is -2.21. The van der Waals surface area contributed by atoms with E-state index in [9.17, 15) is 4.79 Å². The normalized spacial score (nSPS) is 13.0. The predicted octanol–water partition coefficient (Wildman–Crippen LogP) is 6.98. The second kappa shape index (κ2) is 13.4. The summed E-state index contributed by atoms with van der Waals surface area (Å²) >= 11 is 0. The first-order valence-electron chi connectivity index (χ1n) is 11.2. The monoisotopic (exact) mass is 465 g/mol. The minimum absolute atomic E-state index is 0.430. The third kappa shape index (κ3) is 8.87.